The highest BCUT2D eigenvalue weighted by Crippen LogP contribution is 2.37. The number of likely N-dealkylation sites (tertiary alicyclic amines) is 1. The van der Waals surface area contributed by atoms with Crippen LogP contribution in [0.25, 0.3) is 16.6 Å². The lowest BCUT2D eigenvalue weighted by molar-refractivity contribution is -0.587. The van der Waals surface area contributed by atoms with Crippen LogP contribution in [0.4, 0.5) is 23.7 Å². The highest BCUT2D eigenvalue weighted by molar-refractivity contribution is 5.99. The van der Waals surface area contributed by atoms with Crippen molar-refractivity contribution in [2.45, 2.75) is 51.3 Å². The number of hydrogen-bond acceptors (Lipinski definition) is 5. The second-order valence-electron chi connectivity index (χ2n) is 9.10. The molecule has 2 N–H and O–H groups in total. The fourth-order valence-electron chi connectivity index (χ4n) is 4.14. The number of carbonyl (C=O) groups is 1. The van der Waals surface area contributed by atoms with Gasteiger partial charge in [-0.3, -0.25) is 0 Å². The summed E-state index contributed by atoms with van der Waals surface area (Å²) >= 11 is 0. The Morgan fingerprint density at radius 2 is 1.85 bits per heavy atom. The molecule has 1 fully saturated rings. The third-order valence-electron chi connectivity index (χ3n) is 5.58. The van der Waals surface area contributed by atoms with Gasteiger partial charge in [0.05, 0.1) is 17.1 Å². The van der Waals surface area contributed by atoms with Crippen molar-refractivity contribution in [3.63, 3.8) is 0 Å². The maximum absolute atomic E-state index is 13.3. The number of benzene rings is 1. The van der Waals surface area contributed by atoms with E-state index >= 15 is 0 Å². The van der Waals surface area contributed by atoms with E-state index in [0.717, 1.165) is 6.07 Å². The van der Waals surface area contributed by atoms with E-state index in [2.05, 4.69) is 15.3 Å². The number of halogens is 3. The zero-order valence-corrected chi connectivity index (χ0v) is 18.2. The number of ether oxygens (including phenoxy) is 1. The predicted octanol–water partition coefficient (Wildman–Crippen LogP) is 4.13. The molecule has 0 aliphatic carbocycles. The molecular weight excluding hydrogens is 443 g/mol. The minimum absolute atomic E-state index is 0.0220. The van der Waals surface area contributed by atoms with Gasteiger partial charge in [-0.2, -0.15) is 13.2 Å². The van der Waals surface area contributed by atoms with Gasteiger partial charge in [-0.15, -0.1) is 9.42 Å². The second-order valence-corrected chi connectivity index (χ2v) is 9.10. The van der Waals surface area contributed by atoms with Crippen molar-refractivity contribution in [1.29, 1.82) is 0 Å². The Hall–Kier alpha value is -3.44. The summed E-state index contributed by atoms with van der Waals surface area (Å²) in [7, 11) is 0. The largest absolute Gasteiger partial charge is 0.444 e. The van der Waals surface area contributed by atoms with E-state index in [-0.39, 0.29) is 22.5 Å². The Labute approximate surface area is 185 Å². The molecule has 0 spiro atoms. The molecule has 0 atom stereocenters. The Balaban J connectivity index is 1.73. The maximum Gasteiger partial charge on any atom is 0.416 e. The summed E-state index contributed by atoms with van der Waals surface area (Å²) in [5.41, 5.74) is -1.81. The first-order valence-corrected chi connectivity index (χ1v) is 10.4. The van der Waals surface area contributed by atoms with Gasteiger partial charge in [0, 0.05) is 19.0 Å². The minimum atomic E-state index is -4.67. The summed E-state index contributed by atoms with van der Waals surface area (Å²) in [6.07, 6.45) is -4.04. The van der Waals surface area contributed by atoms with Gasteiger partial charge in [0.1, 0.15) is 22.4 Å². The molecule has 0 bridgehead atoms. The fraction of sp³-hybridized carbons (Fsp3) is 0.476. The molecule has 33 heavy (non-hydrogen) atoms. The summed E-state index contributed by atoms with van der Waals surface area (Å²) in [6, 6.07) is 2.91. The number of nitroso groups, excluding NO2 is 1. The molecule has 1 aliphatic heterocycles. The quantitative estimate of drug-likeness (QED) is 0.437. The number of H-pyrrole nitrogens is 2. The highest BCUT2D eigenvalue weighted by Gasteiger charge is 2.35. The number of aromatic amines is 2. The smallest absolute Gasteiger partial charge is 0.416 e. The maximum atomic E-state index is 13.3. The van der Waals surface area contributed by atoms with E-state index in [1.807, 2.05) is 0 Å². The molecule has 9 nitrogen and oxygen atoms in total. The number of amides is 1. The second kappa shape index (κ2) is 7.85. The van der Waals surface area contributed by atoms with Gasteiger partial charge < -0.3 is 9.64 Å². The van der Waals surface area contributed by atoms with Crippen LogP contribution in [0.15, 0.2) is 28.2 Å². The lowest BCUT2D eigenvalue weighted by Crippen LogP contribution is -2.43. The zero-order chi connectivity index (χ0) is 24.1. The molecule has 12 heteroatoms. The number of carbonyl (C=O) groups excluding carboxylic acids is 1. The van der Waals surface area contributed by atoms with Gasteiger partial charge in [0.2, 0.25) is 0 Å². The summed E-state index contributed by atoms with van der Waals surface area (Å²) in [6.45, 7) is 6.14. The number of nitrogens with one attached hydrogen (secondary N) is 2. The summed E-state index contributed by atoms with van der Waals surface area (Å²) in [5.74, 6) is -0.152. The molecule has 0 radical (unpaired) electrons. The van der Waals surface area contributed by atoms with Crippen LogP contribution in [0.1, 0.15) is 50.8 Å². The molecule has 2 aromatic heterocycles. The van der Waals surface area contributed by atoms with Crippen LogP contribution in [-0.4, -0.2) is 39.8 Å². The van der Waals surface area contributed by atoms with Crippen molar-refractivity contribution >= 4 is 28.3 Å². The van der Waals surface area contributed by atoms with Crippen LogP contribution in [0.2, 0.25) is 0 Å². The van der Waals surface area contributed by atoms with Gasteiger partial charge in [0.25, 0.3) is 0 Å². The Morgan fingerprint density at radius 1 is 1.18 bits per heavy atom. The molecule has 4 rings (SSSR count). The van der Waals surface area contributed by atoms with E-state index in [1.54, 1.807) is 25.7 Å². The lowest BCUT2D eigenvalue weighted by Gasteiger charge is -2.32. The van der Waals surface area contributed by atoms with Crippen molar-refractivity contribution in [3.05, 3.63) is 44.7 Å². The molecule has 176 valence electrons. The summed E-state index contributed by atoms with van der Waals surface area (Å²) < 4.78 is 46.7. The predicted molar refractivity (Wildman–Crippen MR) is 112 cm³/mol. The van der Waals surface area contributed by atoms with E-state index in [4.69, 9.17) is 4.74 Å². The molecule has 1 amide bonds. The van der Waals surface area contributed by atoms with Gasteiger partial charge in [-0.05, 0) is 50.9 Å². The van der Waals surface area contributed by atoms with E-state index in [0.29, 0.717) is 37.7 Å². The number of hydrogen-bond donors (Lipinski definition) is 2. The van der Waals surface area contributed by atoms with Crippen molar-refractivity contribution in [2.24, 2.45) is 5.18 Å². The van der Waals surface area contributed by atoms with Gasteiger partial charge in [-0.1, -0.05) is 0 Å². The number of rotatable bonds is 2. The normalized spacial score (nSPS) is 15.9. The van der Waals surface area contributed by atoms with Crippen LogP contribution < -0.4 is 10.1 Å². The highest BCUT2D eigenvalue weighted by atomic mass is 19.4. The third-order valence-corrected chi connectivity index (χ3v) is 5.58. The zero-order valence-electron chi connectivity index (χ0n) is 18.2. The molecule has 1 aromatic carbocycles. The SMILES string of the molecule is CC(C)(C)OC(=O)N1CCC(c2cc(=O)[nH]c3c4c(N=O)cc(C(F)(F)F)cc4[nH][n+]23)CC1. The first-order chi connectivity index (χ1) is 15.4. The van der Waals surface area contributed by atoms with Crippen LogP contribution in [0.3, 0.4) is 0 Å². The van der Waals surface area contributed by atoms with Crippen LogP contribution in [0, 0.1) is 4.91 Å². The minimum Gasteiger partial charge on any atom is -0.444 e. The molecule has 1 aliphatic rings. The van der Waals surface area contributed by atoms with Crippen LogP contribution in [-0.2, 0) is 10.9 Å². The Bertz CT molecular complexity index is 1300. The van der Waals surface area contributed by atoms with Gasteiger partial charge in [0.15, 0.2) is 0 Å². The molecule has 0 saturated carbocycles. The van der Waals surface area contributed by atoms with Gasteiger partial charge in [-0.25, -0.2) is 19.7 Å². The topological polar surface area (TPSA) is 112 Å². The first kappa shape index (κ1) is 22.7. The van der Waals surface area contributed by atoms with Crippen molar-refractivity contribution in [2.75, 3.05) is 13.1 Å². The number of piperidine rings is 1. The molecular formula is C21H23F3N5O4+. The van der Waals surface area contributed by atoms with E-state index in [1.165, 1.54) is 10.6 Å². The van der Waals surface area contributed by atoms with Crippen molar-refractivity contribution in [1.82, 2.24) is 15.0 Å². The van der Waals surface area contributed by atoms with Crippen molar-refractivity contribution in [3.8, 4) is 0 Å². The third kappa shape index (κ3) is 4.41. The summed E-state index contributed by atoms with van der Waals surface area (Å²) in [5, 5.41) is 5.73. The fourth-order valence-corrected chi connectivity index (χ4v) is 4.14. The molecule has 1 saturated heterocycles. The number of alkyl halides is 3. The number of nitrogens with zero attached hydrogens (tertiary/aromatic N) is 3. The van der Waals surface area contributed by atoms with Crippen molar-refractivity contribution < 1.29 is 27.2 Å². The standard InChI is InChI=1S/C21H22F3N5O4/c1-20(2,3)33-19(31)28-6-4-11(5-7-28)15-10-16(30)25-18-17-13(26-29(15)18)8-12(21(22,23)24)9-14(17)27-32/h8-11H,4-7H2,1-3H3,(H,25,26,30)/p+1. The summed E-state index contributed by atoms with van der Waals surface area (Å²) in [4.78, 5) is 40.2. The average molecular weight is 466 g/mol. The monoisotopic (exact) mass is 466 g/mol. The average Bonchev–Trinajstić information content (AvgIpc) is 3.09. The van der Waals surface area contributed by atoms with Gasteiger partial charge >= 0.3 is 23.5 Å². The van der Waals surface area contributed by atoms with Crippen LogP contribution in [0.5, 0.6) is 0 Å². The lowest BCUT2D eigenvalue weighted by atomic mass is 9.93. The molecule has 3 aromatic rings. The molecule has 3 heterocycles. The molecule has 0 unspecified atom stereocenters. The Morgan fingerprint density at radius 3 is 2.42 bits per heavy atom. The Kier molecular flexibility index (Phi) is 5.41. The number of fused-ring (bicyclic) bond motifs is 3. The van der Waals surface area contributed by atoms with Crippen LogP contribution >= 0.6 is 0 Å². The van der Waals surface area contributed by atoms with E-state index in [9.17, 15) is 27.7 Å². The van der Waals surface area contributed by atoms with E-state index < -0.39 is 34.7 Å². The number of aromatic nitrogens is 3. The first-order valence-electron chi connectivity index (χ1n) is 10.4.